The van der Waals surface area contributed by atoms with Crippen LogP contribution < -0.4 is 0 Å². The summed E-state index contributed by atoms with van der Waals surface area (Å²) in [5.41, 5.74) is 0. The molecular formula is C11H20N4O. The number of hydrogen-bond donors (Lipinski definition) is 0. The van der Waals surface area contributed by atoms with E-state index >= 15 is 0 Å². The topological polar surface area (TPSA) is 59.7 Å². The van der Waals surface area contributed by atoms with E-state index in [0.717, 1.165) is 19.4 Å². The Morgan fingerprint density at radius 2 is 2.25 bits per heavy atom. The third-order valence-electron chi connectivity index (χ3n) is 3.01. The van der Waals surface area contributed by atoms with Crippen LogP contribution >= 0.6 is 0 Å². The van der Waals surface area contributed by atoms with Gasteiger partial charge < -0.3 is 0 Å². The highest BCUT2D eigenvalue weighted by Gasteiger charge is 2.31. The van der Waals surface area contributed by atoms with Crippen LogP contribution in [0.2, 0.25) is 0 Å². The first-order chi connectivity index (χ1) is 7.60. The fourth-order valence-corrected chi connectivity index (χ4v) is 2.17. The van der Waals surface area contributed by atoms with E-state index in [1.807, 2.05) is 6.92 Å². The number of nitriles is 1. The highest BCUT2D eigenvalue weighted by atomic mass is 16.3. The van der Waals surface area contributed by atoms with Crippen molar-refractivity contribution in [3.8, 4) is 6.07 Å². The van der Waals surface area contributed by atoms with Gasteiger partial charge in [0.2, 0.25) is 0 Å². The summed E-state index contributed by atoms with van der Waals surface area (Å²) in [7, 11) is 0. The molecule has 1 rings (SSSR count). The van der Waals surface area contributed by atoms with Crippen LogP contribution in [0.1, 0.15) is 33.6 Å². The molecule has 0 spiro atoms. The molecule has 2 atom stereocenters. The van der Waals surface area contributed by atoms with Crippen molar-refractivity contribution in [3.63, 3.8) is 0 Å². The average molecular weight is 224 g/mol. The summed E-state index contributed by atoms with van der Waals surface area (Å²) in [4.78, 5) is 12.9. The minimum absolute atomic E-state index is 0.0635. The van der Waals surface area contributed by atoms with Gasteiger partial charge >= 0.3 is 0 Å². The van der Waals surface area contributed by atoms with Crippen molar-refractivity contribution in [1.82, 2.24) is 9.91 Å². The lowest BCUT2D eigenvalue weighted by molar-refractivity contribution is 0.0503. The van der Waals surface area contributed by atoms with E-state index in [2.05, 4.69) is 30.1 Å². The molecule has 0 N–H and O–H groups in total. The second-order valence-corrected chi connectivity index (χ2v) is 4.75. The molecule has 2 unspecified atom stereocenters. The molecular weight excluding hydrogens is 204 g/mol. The fourth-order valence-electron chi connectivity index (χ4n) is 2.17. The van der Waals surface area contributed by atoms with Crippen molar-refractivity contribution in [2.45, 2.75) is 45.8 Å². The van der Waals surface area contributed by atoms with E-state index in [9.17, 15) is 4.91 Å². The smallest absolute Gasteiger partial charge is 0.100 e. The van der Waals surface area contributed by atoms with Gasteiger partial charge in [-0.2, -0.15) is 5.26 Å². The average Bonchev–Trinajstić information content (AvgIpc) is 2.72. The van der Waals surface area contributed by atoms with Crippen LogP contribution in [-0.4, -0.2) is 35.2 Å². The molecule has 0 aromatic carbocycles. The number of hydrogen-bond acceptors (Lipinski definition) is 4. The van der Waals surface area contributed by atoms with E-state index in [0.29, 0.717) is 12.5 Å². The summed E-state index contributed by atoms with van der Waals surface area (Å²) in [6.07, 6.45) is 1.85. The predicted octanol–water partition coefficient (Wildman–Crippen LogP) is 1.96. The molecule has 0 amide bonds. The van der Waals surface area contributed by atoms with Crippen LogP contribution in [0.4, 0.5) is 0 Å². The highest BCUT2D eigenvalue weighted by Crippen LogP contribution is 2.21. The van der Waals surface area contributed by atoms with Crippen molar-refractivity contribution >= 4 is 0 Å². The zero-order chi connectivity index (χ0) is 12.1. The van der Waals surface area contributed by atoms with Gasteiger partial charge in [-0.15, -0.1) is 4.91 Å². The molecule has 1 fully saturated rings. The number of nitroso groups, excluding NO2 is 1. The maximum atomic E-state index is 10.8. The molecule has 1 aliphatic rings. The normalized spacial score (nSPS) is 23.1. The molecule has 0 aromatic heterocycles. The quantitative estimate of drug-likeness (QED) is 0.529. The Morgan fingerprint density at radius 3 is 2.75 bits per heavy atom. The van der Waals surface area contributed by atoms with Gasteiger partial charge in [0, 0.05) is 13.1 Å². The Bertz CT molecular complexity index is 274. The van der Waals surface area contributed by atoms with Crippen molar-refractivity contribution in [2.24, 2.45) is 11.2 Å². The maximum absolute atomic E-state index is 10.8. The Labute approximate surface area is 97.0 Å². The van der Waals surface area contributed by atoms with Crippen LogP contribution in [0.3, 0.4) is 0 Å². The summed E-state index contributed by atoms with van der Waals surface area (Å²) in [5, 5.41) is 13.6. The van der Waals surface area contributed by atoms with Crippen LogP contribution in [0, 0.1) is 22.2 Å². The molecule has 16 heavy (non-hydrogen) atoms. The third-order valence-corrected chi connectivity index (χ3v) is 3.01. The molecule has 0 bridgehead atoms. The molecule has 1 saturated heterocycles. The van der Waals surface area contributed by atoms with Crippen molar-refractivity contribution in [1.29, 1.82) is 5.26 Å². The zero-order valence-corrected chi connectivity index (χ0v) is 10.3. The van der Waals surface area contributed by atoms with Gasteiger partial charge in [0.15, 0.2) is 0 Å². The van der Waals surface area contributed by atoms with E-state index in [-0.39, 0.29) is 12.2 Å². The van der Waals surface area contributed by atoms with Crippen LogP contribution in [-0.2, 0) is 0 Å². The third kappa shape index (κ3) is 2.92. The second kappa shape index (κ2) is 5.80. The van der Waals surface area contributed by atoms with Crippen LogP contribution in [0.5, 0.6) is 0 Å². The van der Waals surface area contributed by atoms with Crippen molar-refractivity contribution in [3.05, 3.63) is 4.91 Å². The first kappa shape index (κ1) is 12.9. The van der Waals surface area contributed by atoms with Gasteiger partial charge in [-0.05, 0) is 25.7 Å². The molecule has 1 aliphatic heterocycles. The predicted molar refractivity (Wildman–Crippen MR) is 62.1 cm³/mol. The number of nitrogens with zero attached hydrogens (tertiary/aromatic N) is 4. The van der Waals surface area contributed by atoms with Gasteiger partial charge in [-0.1, -0.05) is 13.8 Å². The lowest BCUT2D eigenvalue weighted by atomic mass is 10.2. The molecule has 90 valence electrons. The Balaban J connectivity index is 2.63. The summed E-state index contributed by atoms with van der Waals surface area (Å²) < 4.78 is 0. The Kier molecular flexibility index (Phi) is 4.69. The van der Waals surface area contributed by atoms with Crippen molar-refractivity contribution in [2.75, 3.05) is 13.1 Å². The zero-order valence-electron chi connectivity index (χ0n) is 10.3. The summed E-state index contributed by atoms with van der Waals surface area (Å²) in [6, 6.07) is 2.22. The number of likely N-dealkylation sites (tertiary alicyclic amines) is 1. The standard InChI is InChI=1S/C11H20N4O/c1-9(2)8-15(13-16)10(3)14-6-4-5-11(14)7-12/h9-11H,4-6,8H2,1-3H3. The summed E-state index contributed by atoms with van der Waals surface area (Å²) >= 11 is 0. The van der Waals surface area contributed by atoms with Crippen LogP contribution in [0.15, 0.2) is 5.29 Å². The van der Waals surface area contributed by atoms with Gasteiger partial charge in [-0.3, -0.25) is 4.90 Å². The minimum Gasteiger partial charge on any atom is -0.266 e. The van der Waals surface area contributed by atoms with Crippen molar-refractivity contribution < 1.29 is 0 Å². The molecule has 0 radical (unpaired) electrons. The van der Waals surface area contributed by atoms with Gasteiger partial charge in [0.1, 0.15) is 6.17 Å². The number of rotatable bonds is 5. The molecule has 5 nitrogen and oxygen atoms in total. The van der Waals surface area contributed by atoms with Crippen LogP contribution in [0.25, 0.3) is 0 Å². The maximum Gasteiger partial charge on any atom is 0.100 e. The van der Waals surface area contributed by atoms with Gasteiger partial charge in [-0.25, -0.2) is 5.01 Å². The van der Waals surface area contributed by atoms with E-state index in [1.54, 1.807) is 5.01 Å². The Morgan fingerprint density at radius 1 is 1.56 bits per heavy atom. The van der Waals surface area contributed by atoms with E-state index < -0.39 is 0 Å². The highest BCUT2D eigenvalue weighted by molar-refractivity contribution is 4.97. The molecule has 0 aliphatic carbocycles. The Hall–Kier alpha value is -1.15. The molecule has 0 saturated carbocycles. The first-order valence-electron chi connectivity index (χ1n) is 5.85. The molecule has 0 aromatic rings. The largest absolute Gasteiger partial charge is 0.266 e. The molecule has 5 heteroatoms. The lowest BCUT2D eigenvalue weighted by Gasteiger charge is -2.33. The second-order valence-electron chi connectivity index (χ2n) is 4.75. The fraction of sp³-hybridized carbons (Fsp3) is 0.909. The van der Waals surface area contributed by atoms with Gasteiger partial charge in [0.25, 0.3) is 0 Å². The summed E-state index contributed by atoms with van der Waals surface area (Å²) in [5.74, 6) is 0.392. The minimum atomic E-state index is -0.0768. The first-order valence-corrected chi connectivity index (χ1v) is 5.85. The van der Waals surface area contributed by atoms with E-state index in [4.69, 9.17) is 5.26 Å². The van der Waals surface area contributed by atoms with E-state index in [1.165, 1.54) is 0 Å². The SMILES string of the molecule is CC(C)CN(N=O)C(C)N1CCCC1C#N. The summed E-state index contributed by atoms with van der Waals surface area (Å²) in [6.45, 7) is 7.57. The van der Waals surface area contributed by atoms with Gasteiger partial charge in [0.05, 0.1) is 17.4 Å². The monoisotopic (exact) mass is 224 g/mol. The molecule has 1 heterocycles. The lowest BCUT2D eigenvalue weighted by Crippen LogP contribution is -2.47.